The van der Waals surface area contributed by atoms with Crippen LogP contribution in [0.25, 0.3) is 11.5 Å². The second-order valence-electron chi connectivity index (χ2n) is 7.62. The Morgan fingerprint density at radius 2 is 1.85 bits per heavy atom. The molecule has 33 heavy (non-hydrogen) atoms. The molecule has 0 aliphatic rings. The lowest BCUT2D eigenvalue weighted by molar-refractivity contribution is 0.0963. The Hall–Kier alpha value is -3.68. The molecular formula is C25H32N6O2. The van der Waals surface area contributed by atoms with Gasteiger partial charge in [-0.25, -0.2) is 4.99 Å². The molecule has 0 saturated heterocycles. The zero-order valence-electron chi connectivity index (χ0n) is 19.5. The molecule has 8 heteroatoms. The van der Waals surface area contributed by atoms with Crippen LogP contribution >= 0.6 is 0 Å². The fourth-order valence-electron chi connectivity index (χ4n) is 3.35. The molecule has 174 valence electrons. The van der Waals surface area contributed by atoms with Crippen molar-refractivity contribution in [2.24, 2.45) is 4.99 Å². The van der Waals surface area contributed by atoms with Crippen LogP contribution in [0.2, 0.25) is 0 Å². The van der Waals surface area contributed by atoms with Crippen molar-refractivity contribution in [1.29, 1.82) is 0 Å². The summed E-state index contributed by atoms with van der Waals surface area (Å²) in [6, 6.07) is 15.7. The Balaban J connectivity index is 1.60. The topological polar surface area (TPSA) is 104 Å². The van der Waals surface area contributed by atoms with Crippen molar-refractivity contribution in [2.45, 2.75) is 39.7 Å². The van der Waals surface area contributed by atoms with Crippen molar-refractivity contribution in [1.82, 2.24) is 26.1 Å². The summed E-state index contributed by atoms with van der Waals surface area (Å²) < 4.78 is 5.40. The summed E-state index contributed by atoms with van der Waals surface area (Å²) in [5, 5.41) is 13.3. The first kappa shape index (κ1) is 24.0. The molecule has 1 aromatic heterocycles. The monoisotopic (exact) mass is 448 g/mol. The molecule has 0 radical (unpaired) electrons. The van der Waals surface area contributed by atoms with Crippen molar-refractivity contribution >= 4 is 11.9 Å². The van der Waals surface area contributed by atoms with Crippen LogP contribution in [0.3, 0.4) is 0 Å². The number of amides is 1. The van der Waals surface area contributed by atoms with Gasteiger partial charge >= 0.3 is 0 Å². The van der Waals surface area contributed by atoms with Crippen molar-refractivity contribution < 1.29 is 9.32 Å². The van der Waals surface area contributed by atoms with Gasteiger partial charge in [0.05, 0.1) is 6.54 Å². The van der Waals surface area contributed by atoms with Crippen molar-refractivity contribution in [2.75, 3.05) is 20.1 Å². The summed E-state index contributed by atoms with van der Waals surface area (Å²) in [7, 11) is 1.64. The maximum atomic E-state index is 11.8. The molecule has 0 saturated carbocycles. The molecule has 0 bridgehead atoms. The summed E-state index contributed by atoms with van der Waals surface area (Å²) in [4.78, 5) is 21.0. The molecule has 3 N–H and O–H groups in total. The van der Waals surface area contributed by atoms with E-state index in [2.05, 4.69) is 33.0 Å². The largest absolute Gasteiger partial charge is 0.357 e. The van der Waals surface area contributed by atoms with E-state index in [4.69, 9.17) is 9.52 Å². The van der Waals surface area contributed by atoms with Gasteiger partial charge < -0.3 is 20.5 Å². The first-order valence-electron chi connectivity index (χ1n) is 11.4. The average Bonchev–Trinajstić information content (AvgIpc) is 3.31. The molecule has 1 amide bonds. The number of nitrogens with zero attached hydrogens (tertiary/aromatic N) is 3. The number of rotatable bonds is 10. The lowest BCUT2D eigenvalue weighted by Crippen LogP contribution is -2.38. The summed E-state index contributed by atoms with van der Waals surface area (Å²) >= 11 is 0. The molecule has 3 aromatic rings. The van der Waals surface area contributed by atoms with Crippen LogP contribution in [-0.4, -0.2) is 42.1 Å². The van der Waals surface area contributed by atoms with Crippen LogP contribution in [0.4, 0.5) is 0 Å². The number of hydrogen-bond acceptors (Lipinski definition) is 5. The highest BCUT2D eigenvalue weighted by atomic mass is 16.5. The number of carbonyl (C=O) groups excluding carboxylic acids is 1. The van der Waals surface area contributed by atoms with Gasteiger partial charge in [-0.2, -0.15) is 4.98 Å². The number of carbonyl (C=O) groups is 1. The number of aliphatic imine (C=N–C) groups is 1. The third kappa shape index (κ3) is 7.17. The van der Waals surface area contributed by atoms with Crippen LogP contribution in [0.15, 0.2) is 58.0 Å². The molecule has 8 nitrogen and oxygen atoms in total. The number of benzene rings is 2. The van der Waals surface area contributed by atoms with Crippen molar-refractivity contribution in [3.05, 3.63) is 71.0 Å². The van der Waals surface area contributed by atoms with E-state index < -0.39 is 0 Å². The van der Waals surface area contributed by atoms with E-state index in [0.29, 0.717) is 24.5 Å². The maximum absolute atomic E-state index is 11.8. The van der Waals surface area contributed by atoms with E-state index in [9.17, 15) is 4.79 Å². The number of aromatic nitrogens is 2. The van der Waals surface area contributed by atoms with E-state index in [1.165, 1.54) is 0 Å². The Kier molecular flexibility index (Phi) is 8.99. The SMILES string of the molecule is CCCc1noc(-c2cccc(CN=C(NCC)NCCc3cccc(C(=O)NC)c3)c2)n1. The minimum Gasteiger partial charge on any atom is -0.357 e. The number of guanidine groups is 1. The fourth-order valence-corrected chi connectivity index (χ4v) is 3.35. The first-order chi connectivity index (χ1) is 16.1. The number of hydrogen-bond donors (Lipinski definition) is 3. The third-order valence-electron chi connectivity index (χ3n) is 5.00. The Morgan fingerprint density at radius 3 is 2.64 bits per heavy atom. The van der Waals surface area contributed by atoms with Gasteiger partial charge in [0.1, 0.15) is 0 Å². The average molecular weight is 449 g/mol. The summed E-state index contributed by atoms with van der Waals surface area (Å²) in [5.74, 6) is 1.93. The Morgan fingerprint density at radius 1 is 1.03 bits per heavy atom. The predicted molar refractivity (Wildman–Crippen MR) is 130 cm³/mol. The van der Waals surface area contributed by atoms with Crippen LogP contribution < -0.4 is 16.0 Å². The second-order valence-corrected chi connectivity index (χ2v) is 7.62. The second kappa shape index (κ2) is 12.4. The minimum absolute atomic E-state index is 0.0796. The fraction of sp³-hybridized carbons (Fsp3) is 0.360. The van der Waals surface area contributed by atoms with Crippen LogP contribution in [0, 0.1) is 0 Å². The van der Waals surface area contributed by atoms with Crippen LogP contribution in [-0.2, 0) is 19.4 Å². The summed E-state index contributed by atoms with van der Waals surface area (Å²) in [6.45, 7) is 6.11. The molecule has 2 aromatic carbocycles. The third-order valence-corrected chi connectivity index (χ3v) is 5.00. The smallest absolute Gasteiger partial charge is 0.257 e. The molecule has 0 aliphatic carbocycles. The molecule has 3 rings (SSSR count). The molecule has 0 spiro atoms. The summed E-state index contributed by atoms with van der Waals surface area (Å²) in [6.07, 6.45) is 2.57. The zero-order chi connectivity index (χ0) is 23.5. The van der Waals surface area contributed by atoms with Gasteiger partial charge in [0, 0.05) is 37.7 Å². The molecule has 0 aliphatic heterocycles. The minimum atomic E-state index is -0.0796. The lowest BCUT2D eigenvalue weighted by atomic mass is 10.1. The number of aryl methyl sites for hydroxylation is 1. The van der Waals surface area contributed by atoms with E-state index in [-0.39, 0.29) is 5.91 Å². The standard InChI is InChI=1S/C25H32N6O2/c1-4-8-22-30-24(33-31-22)21-12-7-10-19(16-21)17-29-25(27-5-2)28-14-13-18-9-6-11-20(15-18)23(32)26-3/h6-7,9-12,15-16H,4-5,8,13-14,17H2,1-3H3,(H,26,32)(H2,27,28,29). The lowest BCUT2D eigenvalue weighted by Gasteiger charge is -2.12. The van der Waals surface area contributed by atoms with Gasteiger partial charge in [-0.1, -0.05) is 36.3 Å². The van der Waals surface area contributed by atoms with E-state index in [0.717, 1.165) is 54.3 Å². The number of nitrogens with one attached hydrogen (secondary N) is 3. The van der Waals surface area contributed by atoms with Crippen LogP contribution in [0.1, 0.15) is 47.6 Å². The normalized spacial score (nSPS) is 11.3. The van der Waals surface area contributed by atoms with Gasteiger partial charge in [0.2, 0.25) is 0 Å². The van der Waals surface area contributed by atoms with E-state index in [1.54, 1.807) is 7.05 Å². The summed E-state index contributed by atoms with van der Waals surface area (Å²) in [5.41, 5.74) is 3.71. The van der Waals surface area contributed by atoms with E-state index in [1.807, 2.05) is 55.5 Å². The predicted octanol–water partition coefficient (Wildman–Crippen LogP) is 3.35. The highest BCUT2D eigenvalue weighted by Gasteiger charge is 2.09. The molecular weight excluding hydrogens is 416 g/mol. The molecule has 0 unspecified atom stereocenters. The first-order valence-corrected chi connectivity index (χ1v) is 11.4. The van der Waals surface area contributed by atoms with Crippen molar-refractivity contribution in [3.63, 3.8) is 0 Å². The van der Waals surface area contributed by atoms with Gasteiger partial charge in [0.25, 0.3) is 11.8 Å². The maximum Gasteiger partial charge on any atom is 0.257 e. The highest BCUT2D eigenvalue weighted by Crippen LogP contribution is 2.19. The highest BCUT2D eigenvalue weighted by molar-refractivity contribution is 5.94. The van der Waals surface area contributed by atoms with Gasteiger partial charge in [-0.15, -0.1) is 0 Å². The molecule has 1 heterocycles. The van der Waals surface area contributed by atoms with Gasteiger partial charge in [-0.05, 0) is 55.2 Å². The van der Waals surface area contributed by atoms with Gasteiger partial charge in [-0.3, -0.25) is 4.79 Å². The quantitative estimate of drug-likeness (QED) is 0.325. The Bertz CT molecular complexity index is 1080. The van der Waals surface area contributed by atoms with Gasteiger partial charge in [0.15, 0.2) is 11.8 Å². The van der Waals surface area contributed by atoms with Crippen LogP contribution in [0.5, 0.6) is 0 Å². The molecule has 0 fully saturated rings. The molecule has 0 atom stereocenters. The van der Waals surface area contributed by atoms with Crippen molar-refractivity contribution in [3.8, 4) is 11.5 Å². The van der Waals surface area contributed by atoms with E-state index >= 15 is 0 Å². The Labute approximate surface area is 194 Å². The zero-order valence-corrected chi connectivity index (χ0v) is 19.5.